The third-order valence-corrected chi connectivity index (χ3v) is 5.10. The van der Waals surface area contributed by atoms with Crippen LogP contribution < -0.4 is 0 Å². The van der Waals surface area contributed by atoms with Crippen LogP contribution >= 0.6 is 11.8 Å². The molecule has 1 aliphatic rings. The summed E-state index contributed by atoms with van der Waals surface area (Å²) in [4.78, 5) is 14.3. The van der Waals surface area contributed by atoms with Gasteiger partial charge in [0.25, 0.3) is 0 Å². The van der Waals surface area contributed by atoms with Gasteiger partial charge in [0.15, 0.2) is 0 Å². The molecule has 1 heterocycles. The van der Waals surface area contributed by atoms with E-state index in [1.165, 1.54) is 11.1 Å². The van der Waals surface area contributed by atoms with E-state index >= 15 is 0 Å². The monoisotopic (exact) mass is 291 g/mol. The highest BCUT2D eigenvalue weighted by molar-refractivity contribution is 7.99. The molecule has 0 saturated carbocycles. The van der Waals surface area contributed by atoms with Gasteiger partial charge >= 0.3 is 0 Å². The molecule has 0 spiro atoms. The minimum absolute atomic E-state index is 0.223. The number of hydrogen-bond donors (Lipinski definition) is 0. The van der Waals surface area contributed by atoms with Gasteiger partial charge in [0.2, 0.25) is 5.91 Å². The van der Waals surface area contributed by atoms with Crippen molar-refractivity contribution >= 4 is 17.7 Å². The maximum absolute atomic E-state index is 12.3. The molecule has 0 aromatic heterocycles. The van der Waals surface area contributed by atoms with Gasteiger partial charge in [-0.25, -0.2) is 0 Å². The summed E-state index contributed by atoms with van der Waals surface area (Å²) in [5.74, 6) is 1.92. The van der Waals surface area contributed by atoms with Crippen molar-refractivity contribution in [2.24, 2.45) is 0 Å². The highest BCUT2D eigenvalue weighted by Gasteiger charge is 2.29. The number of rotatable bonds is 5. The van der Waals surface area contributed by atoms with Crippen LogP contribution in [0.5, 0.6) is 0 Å². The Morgan fingerprint density at radius 3 is 2.65 bits per heavy atom. The Morgan fingerprint density at radius 2 is 2.05 bits per heavy atom. The quantitative estimate of drug-likeness (QED) is 0.791. The normalized spacial score (nSPS) is 18.8. The molecule has 0 radical (unpaired) electrons. The Morgan fingerprint density at radius 1 is 1.35 bits per heavy atom. The lowest BCUT2D eigenvalue weighted by Crippen LogP contribution is -2.30. The molecule has 0 N–H and O–H groups in total. The van der Waals surface area contributed by atoms with Crippen molar-refractivity contribution < 1.29 is 4.79 Å². The van der Waals surface area contributed by atoms with Crippen LogP contribution in [0.3, 0.4) is 0 Å². The zero-order valence-corrected chi connectivity index (χ0v) is 13.6. The number of benzene rings is 1. The Balaban J connectivity index is 2.08. The van der Waals surface area contributed by atoms with E-state index < -0.39 is 0 Å². The summed E-state index contributed by atoms with van der Waals surface area (Å²) in [7, 11) is 0. The van der Waals surface area contributed by atoms with E-state index in [4.69, 9.17) is 0 Å². The molecule has 1 aliphatic heterocycles. The molecule has 3 heteroatoms. The zero-order valence-electron chi connectivity index (χ0n) is 12.8. The Labute approximate surface area is 126 Å². The lowest BCUT2D eigenvalue weighted by molar-refractivity contribution is -0.131. The van der Waals surface area contributed by atoms with Gasteiger partial charge in [-0.1, -0.05) is 51.5 Å². The lowest BCUT2D eigenvalue weighted by Gasteiger charge is -2.24. The molecule has 1 aromatic carbocycles. The van der Waals surface area contributed by atoms with E-state index in [1.807, 2.05) is 11.8 Å². The summed E-state index contributed by atoms with van der Waals surface area (Å²) in [6.07, 6.45) is 2.77. The maximum Gasteiger partial charge on any atom is 0.223 e. The number of unbranched alkanes of at least 4 members (excludes halogenated alkanes) is 1. The first-order chi connectivity index (χ1) is 9.63. The second-order valence-corrected chi connectivity index (χ2v) is 6.92. The Bertz CT molecular complexity index is 441. The second kappa shape index (κ2) is 7.16. The van der Waals surface area contributed by atoms with Crippen LogP contribution in [0.2, 0.25) is 0 Å². The zero-order chi connectivity index (χ0) is 14.5. The van der Waals surface area contributed by atoms with Crippen LogP contribution in [0.1, 0.15) is 62.5 Å². The van der Waals surface area contributed by atoms with Gasteiger partial charge in [-0.15, -0.1) is 11.8 Å². The molecular formula is C17H25NOS. The molecule has 0 bridgehead atoms. The van der Waals surface area contributed by atoms with Gasteiger partial charge in [0.05, 0.1) is 0 Å². The van der Waals surface area contributed by atoms with Gasteiger partial charge in [-0.05, 0) is 23.5 Å². The van der Waals surface area contributed by atoms with Crippen LogP contribution in [0.25, 0.3) is 0 Å². The van der Waals surface area contributed by atoms with E-state index in [9.17, 15) is 4.79 Å². The number of nitrogens with zero attached hydrogens (tertiary/aromatic N) is 1. The number of carbonyl (C=O) groups is 1. The Kier molecular flexibility index (Phi) is 5.53. The molecule has 1 atom stereocenters. The van der Waals surface area contributed by atoms with Gasteiger partial charge in [-0.3, -0.25) is 4.79 Å². The minimum atomic E-state index is 0.223. The van der Waals surface area contributed by atoms with Crippen molar-refractivity contribution in [2.75, 3.05) is 12.3 Å². The van der Waals surface area contributed by atoms with Crippen molar-refractivity contribution in [3.8, 4) is 0 Å². The molecule has 1 fully saturated rings. The van der Waals surface area contributed by atoms with Crippen LogP contribution in [0, 0.1) is 0 Å². The fourth-order valence-electron chi connectivity index (χ4n) is 2.52. The molecule has 1 saturated heterocycles. The SMILES string of the molecule is CCCCC(=O)N1CCS[C@H]1c1ccc(C(C)C)cc1. The highest BCUT2D eigenvalue weighted by Crippen LogP contribution is 2.38. The number of carbonyl (C=O) groups excluding carboxylic acids is 1. The van der Waals surface area contributed by atoms with E-state index in [1.54, 1.807) is 0 Å². The van der Waals surface area contributed by atoms with E-state index in [2.05, 4.69) is 49.9 Å². The third-order valence-electron chi connectivity index (χ3n) is 3.84. The standard InChI is InChI=1S/C17H25NOS/c1-4-5-6-16(19)18-11-12-20-17(18)15-9-7-14(8-10-15)13(2)3/h7-10,13,17H,4-6,11-12H2,1-3H3/t17-/m0/s1. The first kappa shape index (κ1) is 15.4. The summed E-state index contributed by atoms with van der Waals surface area (Å²) in [5.41, 5.74) is 2.63. The molecule has 1 aromatic rings. The van der Waals surface area contributed by atoms with Crippen LogP contribution in [-0.2, 0) is 4.79 Å². The number of thioether (sulfide) groups is 1. The average Bonchev–Trinajstić information content (AvgIpc) is 2.94. The van der Waals surface area contributed by atoms with E-state index in [-0.39, 0.29) is 5.37 Å². The van der Waals surface area contributed by atoms with Gasteiger partial charge in [-0.2, -0.15) is 0 Å². The van der Waals surface area contributed by atoms with Crippen molar-refractivity contribution in [3.63, 3.8) is 0 Å². The first-order valence-corrected chi connectivity index (χ1v) is 8.69. The Hall–Kier alpha value is -0.960. The fourth-order valence-corrected chi connectivity index (χ4v) is 3.80. The van der Waals surface area contributed by atoms with Crippen molar-refractivity contribution in [3.05, 3.63) is 35.4 Å². The number of hydrogen-bond acceptors (Lipinski definition) is 2. The second-order valence-electron chi connectivity index (χ2n) is 5.74. The highest BCUT2D eigenvalue weighted by atomic mass is 32.2. The molecular weight excluding hydrogens is 266 g/mol. The molecule has 0 unspecified atom stereocenters. The summed E-state index contributed by atoms with van der Waals surface area (Å²) in [6.45, 7) is 7.44. The predicted molar refractivity (Wildman–Crippen MR) is 87.0 cm³/mol. The van der Waals surface area contributed by atoms with Gasteiger partial charge < -0.3 is 4.90 Å². The van der Waals surface area contributed by atoms with Crippen molar-refractivity contribution in [1.82, 2.24) is 4.90 Å². The lowest BCUT2D eigenvalue weighted by atomic mass is 10.0. The summed E-state index contributed by atoms with van der Waals surface area (Å²) in [6, 6.07) is 8.79. The average molecular weight is 291 g/mol. The van der Waals surface area contributed by atoms with Crippen LogP contribution in [-0.4, -0.2) is 23.1 Å². The van der Waals surface area contributed by atoms with Crippen LogP contribution in [0.15, 0.2) is 24.3 Å². The predicted octanol–water partition coefficient (Wildman–Crippen LogP) is 4.57. The largest absolute Gasteiger partial charge is 0.326 e. The van der Waals surface area contributed by atoms with Crippen LogP contribution in [0.4, 0.5) is 0 Å². The summed E-state index contributed by atoms with van der Waals surface area (Å²) >= 11 is 1.88. The summed E-state index contributed by atoms with van der Waals surface area (Å²) < 4.78 is 0. The third kappa shape index (κ3) is 3.57. The summed E-state index contributed by atoms with van der Waals surface area (Å²) in [5, 5.41) is 0.223. The smallest absolute Gasteiger partial charge is 0.223 e. The molecule has 1 amide bonds. The fraction of sp³-hybridized carbons (Fsp3) is 0.588. The molecule has 110 valence electrons. The first-order valence-electron chi connectivity index (χ1n) is 7.64. The molecule has 2 rings (SSSR count). The van der Waals surface area contributed by atoms with Crippen molar-refractivity contribution in [1.29, 1.82) is 0 Å². The van der Waals surface area contributed by atoms with E-state index in [0.29, 0.717) is 18.2 Å². The number of amides is 1. The maximum atomic E-state index is 12.3. The minimum Gasteiger partial charge on any atom is -0.326 e. The molecule has 20 heavy (non-hydrogen) atoms. The van der Waals surface area contributed by atoms with Crippen molar-refractivity contribution in [2.45, 2.75) is 51.3 Å². The van der Waals surface area contributed by atoms with E-state index in [0.717, 1.165) is 25.1 Å². The van der Waals surface area contributed by atoms with Gasteiger partial charge in [0.1, 0.15) is 5.37 Å². The van der Waals surface area contributed by atoms with Gasteiger partial charge in [0, 0.05) is 18.7 Å². The molecule has 0 aliphatic carbocycles. The molecule has 2 nitrogen and oxygen atoms in total. The topological polar surface area (TPSA) is 20.3 Å².